The van der Waals surface area contributed by atoms with Crippen molar-refractivity contribution in [2.24, 2.45) is 7.05 Å². The van der Waals surface area contributed by atoms with Crippen LogP contribution in [0.4, 0.5) is 0 Å². The molecule has 0 saturated carbocycles. The van der Waals surface area contributed by atoms with Gasteiger partial charge >= 0.3 is 0 Å². The zero-order valence-electron chi connectivity index (χ0n) is 15.0. The smallest absolute Gasteiger partial charge is 0.232 e. The average molecular weight is 345 g/mol. The second-order valence-electron chi connectivity index (χ2n) is 6.63. The zero-order valence-corrected chi connectivity index (χ0v) is 15.8. The molecule has 0 fully saturated rings. The number of hydrogen-bond acceptors (Lipinski definition) is 2. The zero-order chi connectivity index (χ0) is 17.6. The fourth-order valence-electron chi connectivity index (χ4n) is 3.33. The minimum Gasteiger partial charge on any atom is -0.236 e. The molecular weight excluding hydrogens is 324 g/mol. The van der Waals surface area contributed by atoms with Gasteiger partial charge < -0.3 is 0 Å². The molecule has 0 aliphatic rings. The van der Waals surface area contributed by atoms with Crippen molar-refractivity contribution in [3.05, 3.63) is 71.4 Å². The van der Waals surface area contributed by atoms with Gasteiger partial charge in [0.25, 0.3) is 0 Å². The third-order valence-electron chi connectivity index (χ3n) is 4.76. The molecular formula is C22H21N2S+. The van der Waals surface area contributed by atoms with Crippen LogP contribution in [-0.4, -0.2) is 4.98 Å². The highest BCUT2D eigenvalue weighted by molar-refractivity contribution is 7.22. The maximum Gasteiger partial charge on any atom is 0.232 e. The molecule has 0 bridgehead atoms. The molecule has 0 saturated heterocycles. The Kier molecular flexibility index (Phi) is 3.89. The molecule has 0 aliphatic heterocycles. The van der Waals surface area contributed by atoms with Gasteiger partial charge in [-0.3, -0.25) is 0 Å². The number of hydrogen-bond donors (Lipinski definition) is 0. The fourth-order valence-corrected chi connectivity index (χ4v) is 4.49. The summed E-state index contributed by atoms with van der Waals surface area (Å²) < 4.78 is 3.47. The minimum atomic E-state index is 1.07. The van der Waals surface area contributed by atoms with Gasteiger partial charge in [0.15, 0.2) is 6.20 Å². The van der Waals surface area contributed by atoms with Crippen LogP contribution in [0.5, 0.6) is 0 Å². The van der Waals surface area contributed by atoms with Gasteiger partial charge in [0, 0.05) is 11.6 Å². The highest BCUT2D eigenvalue weighted by atomic mass is 32.1. The predicted molar refractivity (Wildman–Crippen MR) is 106 cm³/mol. The van der Waals surface area contributed by atoms with Gasteiger partial charge in [-0.25, -0.2) is 4.98 Å². The van der Waals surface area contributed by atoms with Crippen LogP contribution in [0.15, 0.2) is 54.7 Å². The lowest BCUT2D eigenvalue weighted by Crippen LogP contribution is -2.30. The van der Waals surface area contributed by atoms with Crippen molar-refractivity contribution >= 4 is 21.6 Å². The summed E-state index contributed by atoms with van der Waals surface area (Å²) in [5.41, 5.74) is 8.76. The first kappa shape index (κ1) is 16.0. The van der Waals surface area contributed by atoms with Crippen LogP contribution in [0.1, 0.15) is 16.7 Å². The quantitative estimate of drug-likeness (QED) is 0.446. The highest BCUT2D eigenvalue weighted by Gasteiger charge is 2.21. The number of aromatic nitrogens is 2. The summed E-state index contributed by atoms with van der Waals surface area (Å²) in [6.45, 7) is 6.56. The second-order valence-corrected chi connectivity index (χ2v) is 7.63. The lowest BCUT2D eigenvalue weighted by atomic mass is 9.97. The van der Waals surface area contributed by atoms with Gasteiger partial charge in [0.05, 0.1) is 11.1 Å². The molecule has 0 radical (unpaired) electrons. The number of thiazole rings is 1. The van der Waals surface area contributed by atoms with E-state index in [0.29, 0.717) is 0 Å². The average Bonchev–Trinajstić information content (AvgIpc) is 3.03. The lowest BCUT2D eigenvalue weighted by molar-refractivity contribution is -0.659. The highest BCUT2D eigenvalue weighted by Crippen LogP contribution is 2.36. The predicted octanol–water partition coefficient (Wildman–Crippen LogP) is 5.38. The maximum atomic E-state index is 4.89. The van der Waals surface area contributed by atoms with E-state index < -0.39 is 0 Å². The number of fused-ring (bicyclic) bond motifs is 1. The van der Waals surface area contributed by atoms with E-state index in [1.54, 1.807) is 11.3 Å². The van der Waals surface area contributed by atoms with Gasteiger partial charge in [0.2, 0.25) is 5.69 Å². The molecule has 25 heavy (non-hydrogen) atoms. The molecule has 0 N–H and O–H groups in total. The van der Waals surface area contributed by atoms with Crippen LogP contribution in [-0.2, 0) is 7.05 Å². The number of benzene rings is 2. The molecule has 124 valence electrons. The Balaban J connectivity index is 2.02. The maximum absolute atomic E-state index is 4.89. The van der Waals surface area contributed by atoms with E-state index >= 15 is 0 Å². The lowest BCUT2D eigenvalue weighted by Gasteiger charge is -2.09. The van der Waals surface area contributed by atoms with Gasteiger partial charge in [-0.1, -0.05) is 42.0 Å². The van der Waals surface area contributed by atoms with Crippen LogP contribution in [0.25, 0.3) is 32.0 Å². The van der Waals surface area contributed by atoms with Crippen molar-refractivity contribution in [1.82, 2.24) is 4.98 Å². The number of rotatable bonds is 2. The summed E-state index contributed by atoms with van der Waals surface area (Å²) in [5, 5.41) is 1.07. The molecule has 4 aromatic rings. The molecule has 3 heteroatoms. The fraction of sp³-hybridized carbons (Fsp3) is 0.182. The minimum absolute atomic E-state index is 1.07. The summed E-state index contributed by atoms with van der Waals surface area (Å²) in [4.78, 5) is 4.89. The first-order chi connectivity index (χ1) is 12.0. The molecule has 2 aromatic heterocycles. The first-order valence-electron chi connectivity index (χ1n) is 8.47. The van der Waals surface area contributed by atoms with Crippen LogP contribution in [0.2, 0.25) is 0 Å². The normalized spacial score (nSPS) is 11.2. The number of nitrogens with zero attached hydrogens (tertiary/aromatic N) is 2. The van der Waals surface area contributed by atoms with Crippen molar-refractivity contribution in [3.63, 3.8) is 0 Å². The monoisotopic (exact) mass is 345 g/mol. The molecule has 0 aliphatic carbocycles. The van der Waals surface area contributed by atoms with Gasteiger partial charge in [0.1, 0.15) is 16.8 Å². The SMILES string of the molecule is Cc1cc(C)c(C)c(-c2c3sc(-c4ccccc4)nc3cc[n+]2C)c1. The largest absolute Gasteiger partial charge is 0.236 e. The van der Waals surface area contributed by atoms with E-state index in [2.05, 4.69) is 81.0 Å². The van der Waals surface area contributed by atoms with Gasteiger partial charge in [-0.05, 0) is 38.0 Å². The van der Waals surface area contributed by atoms with Crippen molar-refractivity contribution in [2.45, 2.75) is 20.8 Å². The molecule has 2 aromatic carbocycles. The summed E-state index contributed by atoms with van der Waals surface area (Å²) in [7, 11) is 2.12. The molecule has 0 amide bonds. The summed E-state index contributed by atoms with van der Waals surface area (Å²) in [6, 6.07) is 17.1. The third kappa shape index (κ3) is 2.75. The molecule has 0 spiro atoms. The Morgan fingerprint density at radius 1 is 0.960 bits per heavy atom. The Labute approximate surface area is 152 Å². The standard InChI is InChI=1S/C22H21N2S/c1-14-12-15(2)16(3)18(13-14)20-21-19(10-11-24(20)4)23-22(25-21)17-8-6-5-7-9-17/h5-13H,1-4H3/q+1. The summed E-state index contributed by atoms with van der Waals surface area (Å²) >= 11 is 1.77. The number of aryl methyl sites for hydroxylation is 3. The second kappa shape index (κ2) is 6.08. The van der Waals surface area contributed by atoms with E-state index in [4.69, 9.17) is 4.98 Å². The Bertz CT molecular complexity index is 1080. The van der Waals surface area contributed by atoms with Crippen molar-refractivity contribution in [2.75, 3.05) is 0 Å². The first-order valence-corrected chi connectivity index (χ1v) is 9.29. The van der Waals surface area contributed by atoms with E-state index in [1.165, 1.54) is 38.2 Å². The van der Waals surface area contributed by atoms with Gasteiger partial charge in [-0.2, -0.15) is 4.57 Å². The van der Waals surface area contributed by atoms with Crippen LogP contribution < -0.4 is 4.57 Å². The molecule has 2 nitrogen and oxygen atoms in total. The van der Waals surface area contributed by atoms with Crippen LogP contribution in [0, 0.1) is 20.8 Å². The van der Waals surface area contributed by atoms with Crippen LogP contribution in [0.3, 0.4) is 0 Å². The van der Waals surface area contributed by atoms with E-state index in [0.717, 1.165) is 10.5 Å². The van der Waals surface area contributed by atoms with E-state index in [9.17, 15) is 0 Å². The van der Waals surface area contributed by atoms with E-state index in [-0.39, 0.29) is 0 Å². The third-order valence-corrected chi connectivity index (χ3v) is 5.89. The molecule has 0 unspecified atom stereocenters. The van der Waals surface area contributed by atoms with E-state index in [1.807, 2.05) is 6.07 Å². The van der Waals surface area contributed by atoms with Crippen molar-refractivity contribution < 1.29 is 4.57 Å². The van der Waals surface area contributed by atoms with Crippen LogP contribution >= 0.6 is 11.3 Å². The van der Waals surface area contributed by atoms with Gasteiger partial charge in [-0.15, -0.1) is 11.3 Å². The molecule has 4 rings (SSSR count). The molecule has 0 atom stereocenters. The van der Waals surface area contributed by atoms with Crippen molar-refractivity contribution in [1.29, 1.82) is 0 Å². The summed E-state index contributed by atoms with van der Waals surface area (Å²) in [6.07, 6.45) is 2.11. The van der Waals surface area contributed by atoms with Crippen molar-refractivity contribution in [3.8, 4) is 21.8 Å². The number of pyridine rings is 1. The Morgan fingerprint density at radius 3 is 2.48 bits per heavy atom. The Hall–Kier alpha value is -2.52. The topological polar surface area (TPSA) is 16.8 Å². The summed E-state index contributed by atoms with van der Waals surface area (Å²) in [5.74, 6) is 0. The molecule has 2 heterocycles. The Morgan fingerprint density at radius 2 is 1.72 bits per heavy atom.